The molecule has 4 rings (SSSR count). The van der Waals surface area contributed by atoms with Crippen LogP contribution < -0.4 is 10.9 Å². The molecule has 7 nitrogen and oxygen atoms in total. The van der Waals surface area contributed by atoms with Crippen LogP contribution in [0.5, 0.6) is 0 Å². The average Bonchev–Trinajstić information content (AvgIpc) is 3.28. The molecule has 1 aromatic carbocycles. The fourth-order valence-electron chi connectivity index (χ4n) is 3.15. The molecule has 3 heterocycles. The van der Waals surface area contributed by atoms with E-state index in [1.54, 1.807) is 38.1 Å². The van der Waals surface area contributed by atoms with Crippen LogP contribution in [0.2, 0.25) is 5.02 Å². The van der Waals surface area contributed by atoms with E-state index < -0.39 is 5.91 Å². The highest BCUT2D eigenvalue weighted by Gasteiger charge is 2.25. The number of rotatable bonds is 4. The van der Waals surface area contributed by atoms with Crippen molar-refractivity contribution in [2.45, 2.75) is 27.2 Å². The Hall–Kier alpha value is -2.97. The zero-order chi connectivity index (χ0) is 20.7. The number of fused-ring (bicyclic) bond motifs is 1. The summed E-state index contributed by atoms with van der Waals surface area (Å²) in [4.78, 5) is 31.2. The summed E-state index contributed by atoms with van der Waals surface area (Å²) in [5.41, 5.74) is 2.23. The van der Waals surface area contributed by atoms with Gasteiger partial charge in [-0.1, -0.05) is 41.9 Å². The Morgan fingerprint density at radius 2 is 2.07 bits per heavy atom. The van der Waals surface area contributed by atoms with Gasteiger partial charge in [0.15, 0.2) is 4.96 Å². The molecule has 0 atom stereocenters. The first-order valence-electron chi connectivity index (χ1n) is 8.94. The lowest BCUT2D eigenvalue weighted by Crippen LogP contribution is -2.25. The molecule has 0 aliphatic rings. The van der Waals surface area contributed by atoms with Crippen LogP contribution in [0.3, 0.4) is 0 Å². The number of aryl methyl sites for hydroxylation is 3. The van der Waals surface area contributed by atoms with Gasteiger partial charge in [-0.15, -0.1) is 11.3 Å². The molecule has 0 saturated heterocycles. The van der Waals surface area contributed by atoms with Gasteiger partial charge in [0.1, 0.15) is 22.7 Å². The second-order valence-corrected chi connectivity index (χ2v) is 7.72. The van der Waals surface area contributed by atoms with E-state index in [1.165, 1.54) is 15.7 Å². The molecule has 4 aromatic rings. The van der Waals surface area contributed by atoms with E-state index in [9.17, 15) is 9.59 Å². The zero-order valence-electron chi connectivity index (χ0n) is 15.9. The molecule has 9 heteroatoms. The summed E-state index contributed by atoms with van der Waals surface area (Å²) in [6, 6.07) is 7.04. The van der Waals surface area contributed by atoms with E-state index in [0.29, 0.717) is 39.1 Å². The van der Waals surface area contributed by atoms with E-state index in [2.05, 4.69) is 15.5 Å². The number of carbonyl (C=O) groups is 1. The molecule has 0 saturated carbocycles. The number of carbonyl (C=O) groups excluding carboxylic acids is 1. The molecule has 29 heavy (non-hydrogen) atoms. The van der Waals surface area contributed by atoms with Crippen LogP contribution >= 0.6 is 22.9 Å². The third-order valence-corrected chi connectivity index (χ3v) is 5.84. The quantitative estimate of drug-likeness (QED) is 0.517. The number of thiazole rings is 1. The summed E-state index contributed by atoms with van der Waals surface area (Å²) >= 11 is 7.66. The van der Waals surface area contributed by atoms with E-state index >= 15 is 0 Å². The molecule has 0 aliphatic heterocycles. The third kappa shape index (κ3) is 3.24. The van der Waals surface area contributed by atoms with E-state index in [1.807, 2.05) is 12.3 Å². The minimum atomic E-state index is -0.506. The van der Waals surface area contributed by atoms with Crippen LogP contribution in [0, 0.1) is 13.8 Å². The highest BCUT2D eigenvalue weighted by Crippen LogP contribution is 2.31. The summed E-state index contributed by atoms with van der Waals surface area (Å²) in [6.07, 6.45) is 0.680. The minimum Gasteiger partial charge on any atom is -0.360 e. The first kappa shape index (κ1) is 19.4. The lowest BCUT2D eigenvalue weighted by molar-refractivity contribution is 0.102. The molecule has 0 aliphatic carbocycles. The largest absolute Gasteiger partial charge is 0.360 e. The second-order valence-electron chi connectivity index (χ2n) is 6.47. The second kappa shape index (κ2) is 7.46. The minimum absolute atomic E-state index is 0.131. The van der Waals surface area contributed by atoms with Crippen molar-refractivity contribution in [1.29, 1.82) is 0 Å². The van der Waals surface area contributed by atoms with Crippen molar-refractivity contribution >= 4 is 39.5 Å². The van der Waals surface area contributed by atoms with E-state index in [4.69, 9.17) is 16.1 Å². The lowest BCUT2D eigenvalue weighted by Gasteiger charge is -2.09. The third-order valence-electron chi connectivity index (χ3n) is 4.64. The SMILES string of the molecule is CCc1csc2nc(C)c(NC(=O)c3c(-c4ccccc4Cl)noc3C)c(=O)n12. The maximum Gasteiger partial charge on any atom is 0.282 e. The van der Waals surface area contributed by atoms with Crippen molar-refractivity contribution < 1.29 is 9.32 Å². The average molecular weight is 429 g/mol. The molecule has 148 valence electrons. The molecule has 0 bridgehead atoms. The number of anilines is 1. The number of halogens is 1. The van der Waals surface area contributed by atoms with Gasteiger partial charge in [-0.05, 0) is 26.3 Å². The molecule has 0 radical (unpaired) electrons. The Kier molecular flexibility index (Phi) is 4.97. The lowest BCUT2D eigenvalue weighted by atomic mass is 10.1. The summed E-state index contributed by atoms with van der Waals surface area (Å²) in [6.45, 7) is 5.29. The van der Waals surface area contributed by atoms with Crippen molar-refractivity contribution in [3.05, 3.63) is 67.7 Å². The fraction of sp³-hybridized carbons (Fsp3) is 0.200. The molecule has 0 unspecified atom stereocenters. The van der Waals surface area contributed by atoms with Crippen LogP contribution in [0.25, 0.3) is 16.2 Å². The molecule has 1 N–H and O–H groups in total. The van der Waals surface area contributed by atoms with Gasteiger partial charge >= 0.3 is 0 Å². The Bertz CT molecular complexity index is 1310. The van der Waals surface area contributed by atoms with E-state index in [0.717, 1.165) is 5.69 Å². The summed E-state index contributed by atoms with van der Waals surface area (Å²) in [5.74, 6) is -0.178. The topological polar surface area (TPSA) is 89.5 Å². The summed E-state index contributed by atoms with van der Waals surface area (Å²) in [5, 5.41) is 9.06. The highest BCUT2D eigenvalue weighted by molar-refractivity contribution is 7.15. The predicted octanol–water partition coefficient (Wildman–Crippen LogP) is 4.50. The summed E-state index contributed by atoms with van der Waals surface area (Å²) < 4.78 is 6.78. The van der Waals surface area contributed by atoms with Crippen LogP contribution in [-0.4, -0.2) is 20.4 Å². The van der Waals surface area contributed by atoms with Crippen LogP contribution in [0.15, 0.2) is 39.0 Å². The van der Waals surface area contributed by atoms with E-state index in [-0.39, 0.29) is 16.8 Å². The van der Waals surface area contributed by atoms with Crippen molar-refractivity contribution in [1.82, 2.24) is 14.5 Å². The molecule has 0 fully saturated rings. The van der Waals surface area contributed by atoms with Crippen molar-refractivity contribution in [2.24, 2.45) is 0 Å². The smallest absolute Gasteiger partial charge is 0.282 e. The number of amides is 1. The van der Waals surface area contributed by atoms with Crippen molar-refractivity contribution in [2.75, 3.05) is 5.32 Å². The number of nitrogens with zero attached hydrogens (tertiary/aromatic N) is 3. The van der Waals surface area contributed by atoms with Crippen molar-refractivity contribution in [3.8, 4) is 11.3 Å². The van der Waals surface area contributed by atoms with Gasteiger partial charge in [-0.2, -0.15) is 0 Å². The Morgan fingerprint density at radius 3 is 2.79 bits per heavy atom. The number of hydrogen-bond donors (Lipinski definition) is 1. The number of aromatic nitrogens is 3. The van der Waals surface area contributed by atoms with Gasteiger partial charge in [0.05, 0.1) is 10.7 Å². The molecular formula is C20H17ClN4O3S. The maximum absolute atomic E-state index is 13.1. The van der Waals surface area contributed by atoms with Crippen molar-refractivity contribution in [3.63, 3.8) is 0 Å². The van der Waals surface area contributed by atoms with Gasteiger partial charge in [-0.3, -0.25) is 14.0 Å². The fourth-order valence-corrected chi connectivity index (χ4v) is 4.38. The number of hydrogen-bond acceptors (Lipinski definition) is 6. The molecule has 0 spiro atoms. The maximum atomic E-state index is 13.1. The Labute approximate surface area is 175 Å². The van der Waals surface area contributed by atoms with Gasteiger partial charge < -0.3 is 9.84 Å². The Balaban J connectivity index is 1.80. The summed E-state index contributed by atoms with van der Waals surface area (Å²) in [7, 11) is 0. The highest BCUT2D eigenvalue weighted by atomic mass is 35.5. The normalized spacial score (nSPS) is 11.2. The molecule has 1 amide bonds. The van der Waals surface area contributed by atoms with Crippen LogP contribution in [0.1, 0.15) is 34.4 Å². The predicted molar refractivity (Wildman–Crippen MR) is 113 cm³/mol. The monoisotopic (exact) mass is 428 g/mol. The number of nitrogens with one attached hydrogen (secondary N) is 1. The first-order chi connectivity index (χ1) is 13.9. The standard InChI is InChI=1S/C20H17ClN4O3S/c1-4-12-9-29-20-22-10(2)16(19(27)25(12)20)23-18(26)15-11(3)28-24-17(15)13-7-5-6-8-14(13)21/h5-9H,4H2,1-3H3,(H,23,26). The number of benzene rings is 1. The van der Waals surface area contributed by atoms with Crippen LogP contribution in [0.4, 0.5) is 5.69 Å². The van der Waals surface area contributed by atoms with Gasteiger partial charge in [0.2, 0.25) is 0 Å². The molecule has 3 aromatic heterocycles. The van der Waals surface area contributed by atoms with Crippen LogP contribution in [-0.2, 0) is 6.42 Å². The van der Waals surface area contributed by atoms with Gasteiger partial charge in [0, 0.05) is 16.6 Å². The Morgan fingerprint density at radius 1 is 1.31 bits per heavy atom. The zero-order valence-corrected chi connectivity index (χ0v) is 17.5. The van der Waals surface area contributed by atoms with Gasteiger partial charge in [0.25, 0.3) is 11.5 Å². The molecular weight excluding hydrogens is 412 g/mol. The first-order valence-corrected chi connectivity index (χ1v) is 10.2. The van der Waals surface area contributed by atoms with Gasteiger partial charge in [-0.25, -0.2) is 4.98 Å².